The Morgan fingerprint density at radius 3 is 2.39 bits per heavy atom. The van der Waals surface area contributed by atoms with Crippen LogP contribution in [0.4, 0.5) is 8.78 Å². The molecule has 2 bridgehead atoms. The SMILES string of the molecule is CC(C)(C)N1C(=O)C2C3OC(C(OC(=O)c4cccc5ccccc45)C31)C2C(=O)OCC(F)(F)S(=O)(=O)O. The third-order valence-corrected chi connectivity index (χ3v) is 8.11. The van der Waals surface area contributed by atoms with Gasteiger partial charge in [-0.3, -0.25) is 14.1 Å². The molecule has 0 aliphatic carbocycles. The van der Waals surface area contributed by atoms with Gasteiger partial charge in [0.05, 0.1) is 23.6 Å². The maximum atomic E-state index is 13.7. The van der Waals surface area contributed by atoms with Gasteiger partial charge in [0.1, 0.15) is 12.0 Å². The normalized spacial score (nSPS) is 28.7. The fourth-order valence-corrected chi connectivity index (χ4v) is 5.93. The molecule has 0 saturated carbocycles. The average Bonchev–Trinajstić information content (AvgIpc) is 3.44. The predicted molar refractivity (Wildman–Crippen MR) is 127 cm³/mol. The smallest absolute Gasteiger partial charge is 0.402 e. The first-order valence-corrected chi connectivity index (χ1v) is 13.3. The molecule has 204 valence electrons. The maximum absolute atomic E-state index is 13.7. The largest absolute Gasteiger partial charge is 0.458 e. The van der Waals surface area contributed by atoms with Gasteiger partial charge in [0.15, 0.2) is 12.7 Å². The molecule has 1 N–H and O–H groups in total. The lowest BCUT2D eigenvalue weighted by molar-refractivity contribution is -0.160. The highest BCUT2D eigenvalue weighted by Crippen LogP contribution is 2.54. The Bertz CT molecular complexity index is 1430. The van der Waals surface area contributed by atoms with Crippen LogP contribution < -0.4 is 0 Å². The first-order chi connectivity index (χ1) is 17.6. The van der Waals surface area contributed by atoms with Crippen LogP contribution in [0.1, 0.15) is 31.1 Å². The number of benzene rings is 2. The van der Waals surface area contributed by atoms with E-state index in [1.165, 1.54) is 4.90 Å². The quantitative estimate of drug-likeness (QED) is 0.422. The van der Waals surface area contributed by atoms with Crippen molar-refractivity contribution in [3.8, 4) is 0 Å². The van der Waals surface area contributed by atoms with Crippen LogP contribution in [-0.2, 0) is 33.9 Å². The lowest BCUT2D eigenvalue weighted by atomic mass is 9.78. The minimum Gasteiger partial charge on any atom is -0.458 e. The second kappa shape index (κ2) is 8.68. The van der Waals surface area contributed by atoms with Crippen molar-refractivity contribution in [2.45, 2.75) is 55.9 Å². The van der Waals surface area contributed by atoms with E-state index < -0.39 is 81.6 Å². The number of nitrogens with zero attached hydrogens (tertiary/aromatic N) is 1. The van der Waals surface area contributed by atoms with E-state index in [2.05, 4.69) is 4.74 Å². The first kappa shape index (κ1) is 26.4. The Labute approximate surface area is 216 Å². The van der Waals surface area contributed by atoms with Crippen molar-refractivity contribution in [3.05, 3.63) is 48.0 Å². The zero-order valence-corrected chi connectivity index (χ0v) is 21.4. The molecule has 10 nitrogen and oxygen atoms in total. The van der Waals surface area contributed by atoms with Crippen LogP contribution in [0, 0.1) is 11.8 Å². The van der Waals surface area contributed by atoms with Gasteiger partial charge in [0.2, 0.25) is 5.91 Å². The Morgan fingerprint density at radius 1 is 1.08 bits per heavy atom. The number of esters is 2. The number of carbonyl (C=O) groups excluding carboxylic acids is 3. The van der Waals surface area contributed by atoms with Crippen molar-refractivity contribution >= 4 is 38.7 Å². The number of ether oxygens (including phenoxy) is 3. The molecule has 3 fully saturated rings. The summed E-state index contributed by atoms with van der Waals surface area (Å²) < 4.78 is 74.4. The standard InChI is InChI=1S/C25H25F2NO9S/c1-24(2,3)28-17-18-15(21(28)29)16(23(31)35-11-25(26,27)38(32,33)34)19(36-18)20(17)37-22(30)14-10-6-8-12-7-4-5-9-13(12)14/h4-10,15-20H,11H2,1-3H3,(H,32,33,34). The summed E-state index contributed by atoms with van der Waals surface area (Å²) in [6.07, 6.45) is -3.21. The third-order valence-electron chi connectivity index (χ3n) is 7.23. The molecule has 3 saturated heterocycles. The van der Waals surface area contributed by atoms with Crippen molar-refractivity contribution in [2.24, 2.45) is 11.8 Å². The molecule has 2 aromatic carbocycles. The number of amides is 1. The molecule has 0 aromatic heterocycles. The van der Waals surface area contributed by atoms with Gasteiger partial charge >= 0.3 is 27.3 Å². The number of alkyl halides is 2. The molecule has 1 amide bonds. The van der Waals surface area contributed by atoms with Gasteiger partial charge in [0.25, 0.3) is 0 Å². The number of halogens is 2. The van der Waals surface area contributed by atoms with Crippen molar-refractivity contribution < 1.29 is 50.3 Å². The summed E-state index contributed by atoms with van der Waals surface area (Å²) in [5.41, 5.74) is -0.519. The van der Waals surface area contributed by atoms with E-state index in [9.17, 15) is 31.6 Å². The van der Waals surface area contributed by atoms with Crippen molar-refractivity contribution in [1.29, 1.82) is 0 Å². The van der Waals surface area contributed by atoms with Crippen molar-refractivity contribution in [3.63, 3.8) is 0 Å². The Hall–Kier alpha value is -3.16. The third kappa shape index (κ3) is 4.03. The van der Waals surface area contributed by atoms with Crippen LogP contribution >= 0.6 is 0 Å². The van der Waals surface area contributed by atoms with E-state index in [0.717, 1.165) is 5.39 Å². The minimum atomic E-state index is -5.84. The molecule has 0 radical (unpaired) electrons. The van der Waals surface area contributed by atoms with Gasteiger partial charge in [-0.25, -0.2) is 4.79 Å². The van der Waals surface area contributed by atoms with E-state index in [1.807, 2.05) is 18.2 Å². The molecule has 6 unspecified atom stereocenters. The van der Waals surface area contributed by atoms with Gasteiger partial charge in [-0.2, -0.15) is 17.2 Å². The number of hydrogen-bond acceptors (Lipinski definition) is 8. The number of likely N-dealkylation sites (tertiary alicyclic amines) is 1. The summed E-state index contributed by atoms with van der Waals surface area (Å²) >= 11 is 0. The highest BCUT2D eigenvalue weighted by atomic mass is 32.2. The second-order valence-corrected chi connectivity index (χ2v) is 12.2. The fraction of sp³-hybridized carbons (Fsp3) is 0.480. The van der Waals surface area contributed by atoms with Crippen LogP contribution in [0.2, 0.25) is 0 Å². The van der Waals surface area contributed by atoms with Crippen LogP contribution in [0.3, 0.4) is 0 Å². The zero-order chi connectivity index (χ0) is 27.8. The molecule has 38 heavy (non-hydrogen) atoms. The highest BCUT2D eigenvalue weighted by Gasteiger charge is 2.74. The van der Waals surface area contributed by atoms with E-state index in [0.29, 0.717) is 5.39 Å². The summed E-state index contributed by atoms with van der Waals surface area (Å²) in [6, 6.07) is 11.5. The van der Waals surface area contributed by atoms with Gasteiger partial charge < -0.3 is 19.1 Å². The zero-order valence-electron chi connectivity index (χ0n) is 20.5. The number of fused-ring (bicyclic) bond motifs is 2. The van der Waals surface area contributed by atoms with Crippen molar-refractivity contribution in [2.75, 3.05) is 6.61 Å². The predicted octanol–water partition coefficient (Wildman–Crippen LogP) is 2.41. The van der Waals surface area contributed by atoms with E-state index in [4.69, 9.17) is 14.0 Å². The van der Waals surface area contributed by atoms with E-state index in [-0.39, 0.29) is 5.56 Å². The monoisotopic (exact) mass is 553 g/mol. The topological polar surface area (TPSA) is 137 Å². The number of carbonyl (C=O) groups is 3. The van der Waals surface area contributed by atoms with E-state index in [1.54, 1.807) is 45.0 Å². The van der Waals surface area contributed by atoms with Crippen molar-refractivity contribution in [1.82, 2.24) is 4.90 Å². The second-order valence-electron chi connectivity index (χ2n) is 10.6. The lowest BCUT2D eigenvalue weighted by Crippen LogP contribution is -2.54. The number of rotatable bonds is 6. The van der Waals surface area contributed by atoms with Crippen LogP contribution in [0.25, 0.3) is 10.8 Å². The van der Waals surface area contributed by atoms with Gasteiger partial charge in [0, 0.05) is 5.54 Å². The van der Waals surface area contributed by atoms with Gasteiger partial charge in [-0.15, -0.1) is 0 Å². The van der Waals surface area contributed by atoms with Crippen LogP contribution in [0.5, 0.6) is 0 Å². The molecule has 3 aliphatic heterocycles. The molecule has 2 aromatic rings. The highest BCUT2D eigenvalue weighted by molar-refractivity contribution is 7.86. The minimum absolute atomic E-state index is 0.251. The lowest BCUT2D eigenvalue weighted by Gasteiger charge is -2.38. The van der Waals surface area contributed by atoms with Gasteiger partial charge in [-0.05, 0) is 37.6 Å². The molecular formula is C25H25F2NO9S. The Balaban J connectivity index is 1.47. The summed E-state index contributed by atoms with van der Waals surface area (Å²) in [7, 11) is -5.84. The molecule has 13 heteroatoms. The van der Waals surface area contributed by atoms with Crippen LogP contribution in [-0.4, -0.2) is 77.5 Å². The Morgan fingerprint density at radius 2 is 1.74 bits per heavy atom. The molecule has 5 rings (SSSR count). The molecule has 6 atom stereocenters. The van der Waals surface area contributed by atoms with Gasteiger partial charge in [-0.1, -0.05) is 36.4 Å². The molecule has 0 spiro atoms. The molecule has 3 aliphatic rings. The summed E-state index contributed by atoms with van der Waals surface area (Å²) in [5.74, 6) is -5.07. The van der Waals surface area contributed by atoms with Crippen LogP contribution in [0.15, 0.2) is 42.5 Å². The van der Waals surface area contributed by atoms with E-state index >= 15 is 0 Å². The summed E-state index contributed by atoms with van der Waals surface area (Å²) in [4.78, 5) is 41.2. The average molecular weight is 554 g/mol. The Kier molecular flexibility index (Phi) is 6.04. The molecule has 3 heterocycles. The fourth-order valence-electron chi connectivity index (χ4n) is 5.72. The molecular weight excluding hydrogens is 528 g/mol. The summed E-state index contributed by atoms with van der Waals surface area (Å²) in [5, 5.41) is -3.33. The maximum Gasteiger partial charge on any atom is 0.402 e. The summed E-state index contributed by atoms with van der Waals surface area (Å²) in [6.45, 7) is 3.32. The number of hydrogen-bond donors (Lipinski definition) is 1. The first-order valence-electron chi connectivity index (χ1n) is 11.8.